The summed E-state index contributed by atoms with van der Waals surface area (Å²) in [4.78, 5) is 11.7. The van der Waals surface area contributed by atoms with Crippen LogP contribution in [0.2, 0.25) is 0 Å². The van der Waals surface area contributed by atoms with Gasteiger partial charge in [0.15, 0.2) is 6.61 Å². The van der Waals surface area contributed by atoms with Crippen LogP contribution in [-0.2, 0) is 17.8 Å². The largest absolute Gasteiger partial charge is 0.484 e. The van der Waals surface area contributed by atoms with E-state index >= 15 is 0 Å². The molecule has 22 heavy (non-hydrogen) atoms. The molecule has 0 aliphatic rings. The molecule has 1 N–H and O–H groups in total. The zero-order valence-electron chi connectivity index (χ0n) is 12.2. The molecule has 1 amide bonds. The maximum absolute atomic E-state index is 13.2. The lowest BCUT2D eigenvalue weighted by molar-refractivity contribution is -0.123. The van der Waals surface area contributed by atoms with Gasteiger partial charge in [-0.15, -0.1) is 0 Å². The molecule has 0 fully saturated rings. The predicted octanol–water partition coefficient (Wildman–Crippen LogP) is 3.85. The van der Waals surface area contributed by atoms with Gasteiger partial charge in [0, 0.05) is 11.0 Å². The zero-order chi connectivity index (χ0) is 15.9. The molecule has 0 atom stereocenters. The van der Waals surface area contributed by atoms with Crippen LogP contribution < -0.4 is 10.1 Å². The van der Waals surface area contributed by atoms with Gasteiger partial charge in [-0.05, 0) is 47.9 Å². The van der Waals surface area contributed by atoms with Crippen molar-refractivity contribution in [2.75, 3.05) is 6.61 Å². The van der Waals surface area contributed by atoms with E-state index in [9.17, 15) is 9.18 Å². The van der Waals surface area contributed by atoms with Crippen LogP contribution >= 0.6 is 15.9 Å². The fourth-order valence-electron chi connectivity index (χ4n) is 1.93. The first kappa shape index (κ1) is 16.5. The summed E-state index contributed by atoms with van der Waals surface area (Å²) in [5.74, 6) is 0.0617. The second-order valence-corrected chi connectivity index (χ2v) is 5.76. The first-order chi connectivity index (χ1) is 10.6. The average Bonchev–Trinajstić information content (AvgIpc) is 2.50. The van der Waals surface area contributed by atoms with Gasteiger partial charge in [-0.25, -0.2) is 4.39 Å². The average molecular weight is 366 g/mol. The van der Waals surface area contributed by atoms with E-state index in [1.807, 2.05) is 24.3 Å². The standard InChI is InChI=1S/C17H17BrFNO2/c1-2-12-3-5-16(6-4-12)22-11-17(21)20-10-13-7-14(18)9-15(19)8-13/h3-9H,2,10-11H2,1H3,(H,20,21). The number of carbonyl (C=O) groups is 1. The van der Waals surface area contributed by atoms with Crippen molar-refractivity contribution in [3.05, 3.63) is 63.9 Å². The van der Waals surface area contributed by atoms with Crippen LogP contribution in [0.15, 0.2) is 46.9 Å². The van der Waals surface area contributed by atoms with Crippen LogP contribution in [0.4, 0.5) is 4.39 Å². The van der Waals surface area contributed by atoms with Gasteiger partial charge in [0.1, 0.15) is 11.6 Å². The van der Waals surface area contributed by atoms with Crippen molar-refractivity contribution in [3.8, 4) is 5.75 Å². The third-order valence-corrected chi connectivity index (χ3v) is 3.57. The number of ether oxygens (including phenoxy) is 1. The van der Waals surface area contributed by atoms with Crippen LogP contribution in [0, 0.1) is 5.82 Å². The predicted molar refractivity (Wildman–Crippen MR) is 87.3 cm³/mol. The molecule has 0 bridgehead atoms. The molecule has 0 unspecified atom stereocenters. The van der Waals surface area contributed by atoms with E-state index in [2.05, 4.69) is 28.2 Å². The molecule has 0 radical (unpaired) electrons. The topological polar surface area (TPSA) is 38.3 Å². The van der Waals surface area contributed by atoms with Crippen molar-refractivity contribution >= 4 is 21.8 Å². The molecule has 5 heteroatoms. The number of rotatable bonds is 6. The minimum atomic E-state index is -0.342. The Morgan fingerprint density at radius 1 is 1.18 bits per heavy atom. The maximum Gasteiger partial charge on any atom is 0.258 e. The Labute approximate surface area is 137 Å². The smallest absolute Gasteiger partial charge is 0.258 e. The maximum atomic E-state index is 13.2. The van der Waals surface area contributed by atoms with E-state index in [0.717, 1.165) is 6.42 Å². The Morgan fingerprint density at radius 2 is 1.91 bits per heavy atom. The molecule has 0 heterocycles. The van der Waals surface area contributed by atoms with Gasteiger partial charge in [-0.2, -0.15) is 0 Å². The first-order valence-electron chi connectivity index (χ1n) is 7.00. The second-order valence-electron chi connectivity index (χ2n) is 4.84. The number of hydrogen-bond acceptors (Lipinski definition) is 2. The van der Waals surface area contributed by atoms with Crippen molar-refractivity contribution in [2.45, 2.75) is 19.9 Å². The third kappa shape index (κ3) is 5.15. The molecule has 116 valence electrons. The highest BCUT2D eigenvalue weighted by atomic mass is 79.9. The van der Waals surface area contributed by atoms with E-state index in [-0.39, 0.29) is 24.9 Å². The SMILES string of the molecule is CCc1ccc(OCC(=O)NCc2cc(F)cc(Br)c2)cc1. The molecule has 0 aliphatic carbocycles. The van der Waals surface area contributed by atoms with E-state index in [4.69, 9.17) is 4.74 Å². The van der Waals surface area contributed by atoms with Gasteiger partial charge in [-0.1, -0.05) is 35.0 Å². The zero-order valence-corrected chi connectivity index (χ0v) is 13.8. The monoisotopic (exact) mass is 365 g/mol. The quantitative estimate of drug-likeness (QED) is 0.844. The lowest BCUT2D eigenvalue weighted by Crippen LogP contribution is -2.28. The summed E-state index contributed by atoms with van der Waals surface area (Å²) in [6, 6.07) is 12.1. The fourth-order valence-corrected chi connectivity index (χ4v) is 2.45. The van der Waals surface area contributed by atoms with Crippen molar-refractivity contribution < 1.29 is 13.9 Å². The minimum absolute atomic E-state index is 0.0675. The Bertz CT molecular complexity index is 623. The Morgan fingerprint density at radius 3 is 2.55 bits per heavy atom. The van der Waals surface area contributed by atoms with Crippen molar-refractivity contribution in [3.63, 3.8) is 0 Å². The lowest BCUT2D eigenvalue weighted by Gasteiger charge is -2.08. The van der Waals surface area contributed by atoms with Crippen LogP contribution in [0.3, 0.4) is 0 Å². The molecular weight excluding hydrogens is 349 g/mol. The fraction of sp³-hybridized carbons (Fsp3) is 0.235. The van der Waals surface area contributed by atoms with Gasteiger partial charge in [0.2, 0.25) is 0 Å². The minimum Gasteiger partial charge on any atom is -0.484 e. The van der Waals surface area contributed by atoms with Gasteiger partial charge in [0.05, 0.1) is 0 Å². The van der Waals surface area contributed by atoms with Crippen LogP contribution in [0.1, 0.15) is 18.1 Å². The van der Waals surface area contributed by atoms with Gasteiger partial charge >= 0.3 is 0 Å². The van der Waals surface area contributed by atoms with Gasteiger partial charge in [0.25, 0.3) is 5.91 Å². The summed E-state index contributed by atoms with van der Waals surface area (Å²) in [5.41, 5.74) is 1.90. The van der Waals surface area contributed by atoms with E-state index in [0.29, 0.717) is 15.8 Å². The Hall–Kier alpha value is -1.88. The van der Waals surface area contributed by atoms with Gasteiger partial charge in [-0.3, -0.25) is 4.79 Å². The number of amides is 1. The molecule has 2 aromatic carbocycles. The van der Waals surface area contributed by atoms with Crippen LogP contribution in [-0.4, -0.2) is 12.5 Å². The molecule has 3 nitrogen and oxygen atoms in total. The summed E-state index contributed by atoms with van der Waals surface area (Å²) < 4.78 is 19.3. The van der Waals surface area contributed by atoms with Crippen molar-refractivity contribution in [1.29, 1.82) is 0 Å². The van der Waals surface area contributed by atoms with Crippen LogP contribution in [0.5, 0.6) is 5.75 Å². The van der Waals surface area contributed by atoms with E-state index in [1.54, 1.807) is 6.07 Å². The molecule has 0 saturated carbocycles. The van der Waals surface area contributed by atoms with Crippen molar-refractivity contribution in [1.82, 2.24) is 5.32 Å². The highest BCUT2D eigenvalue weighted by Crippen LogP contribution is 2.15. The molecule has 2 rings (SSSR count). The third-order valence-electron chi connectivity index (χ3n) is 3.11. The van der Waals surface area contributed by atoms with Crippen molar-refractivity contribution in [2.24, 2.45) is 0 Å². The highest BCUT2D eigenvalue weighted by molar-refractivity contribution is 9.10. The highest BCUT2D eigenvalue weighted by Gasteiger charge is 2.04. The number of carbonyl (C=O) groups excluding carboxylic acids is 1. The number of halogens is 2. The number of nitrogens with one attached hydrogen (secondary N) is 1. The summed E-state index contributed by atoms with van der Waals surface area (Å²) in [6.45, 7) is 2.27. The summed E-state index contributed by atoms with van der Waals surface area (Å²) >= 11 is 3.22. The van der Waals surface area contributed by atoms with Crippen LogP contribution in [0.25, 0.3) is 0 Å². The summed E-state index contributed by atoms with van der Waals surface area (Å²) in [6.07, 6.45) is 0.962. The summed E-state index contributed by atoms with van der Waals surface area (Å²) in [5, 5.41) is 2.69. The Balaban J connectivity index is 1.80. The molecule has 2 aromatic rings. The lowest BCUT2D eigenvalue weighted by atomic mass is 10.2. The van der Waals surface area contributed by atoms with E-state index in [1.165, 1.54) is 17.7 Å². The molecular formula is C17H17BrFNO2. The Kier molecular flexibility index (Phi) is 5.95. The second kappa shape index (κ2) is 7.94. The summed E-state index contributed by atoms with van der Waals surface area (Å²) in [7, 11) is 0. The molecule has 0 spiro atoms. The first-order valence-corrected chi connectivity index (χ1v) is 7.79. The molecule has 0 saturated heterocycles. The normalized spacial score (nSPS) is 10.3. The van der Waals surface area contributed by atoms with E-state index < -0.39 is 0 Å². The molecule has 0 aliphatic heterocycles. The van der Waals surface area contributed by atoms with Gasteiger partial charge < -0.3 is 10.1 Å². The number of hydrogen-bond donors (Lipinski definition) is 1. The molecule has 0 aromatic heterocycles. The number of aryl methyl sites for hydroxylation is 1. The number of benzene rings is 2.